The van der Waals surface area contributed by atoms with Crippen LogP contribution in [0.15, 0.2) is 0 Å². The Balaban J connectivity index is 2.86. The lowest BCUT2D eigenvalue weighted by Crippen LogP contribution is -2.52. The van der Waals surface area contributed by atoms with Gasteiger partial charge in [0.05, 0.1) is 5.92 Å². The van der Waals surface area contributed by atoms with Gasteiger partial charge >= 0.3 is 12.1 Å². The lowest BCUT2D eigenvalue weighted by molar-refractivity contribution is -0.143. The van der Waals surface area contributed by atoms with Gasteiger partial charge in [-0.25, -0.2) is 0 Å². The maximum atomic E-state index is 12.5. The number of halogens is 3. The van der Waals surface area contributed by atoms with Gasteiger partial charge in [0.15, 0.2) is 0 Å². The van der Waals surface area contributed by atoms with Crippen LogP contribution in [0, 0.1) is 5.92 Å². The largest absolute Gasteiger partial charge is 0.481 e. The zero-order valence-corrected chi connectivity index (χ0v) is 12.6. The third-order valence-electron chi connectivity index (χ3n) is 3.34. The van der Waals surface area contributed by atoms with Crippen LogP contribution in [0.1, 0.15) is 26.7 Å². The van der Waals surface area contributed by atoms with Crippen molar-refractivity contribution in [3.63, 3.8) is 0 Å². The lowest BCUT2D eigenvalue weighted by Gasteiger charge is -2.35. The molecular weight excluding hydrogens is 313 g/mol. The van der Waals surface area contributed by atoms with Crippen LogP contribution in [0.2, 0.25) is 0 Å². The smallest absolute Gasteiger partial charge is 0.402 e. The molecule has 6 nitrogen and oxygen atoms in total. The summed E-state index contributed by atoms with van der Waals surface area (Å²) in [5.74, 6) is -1.66. The fourth-order valence-corrected chi connectivity index (χ4v) is 4.00. The normalized spacial score (nSPS) is 19.4. The van der Waals surface area contributed by atoms with Crippen LogP contribution in [0.25, 0.3) is 0 Å². The predicted octanol–water partition coefficient (Wildman–Crippen LogP) is 1.30. The summed E-state index contributed by atoms with van der Waals surface area (Å²) >= 11 is 0. The van der Waals surface area contributed by atoms with Gasteiger partial charge in [-0.15, -0.1) is 0 Å². The summed E-state index contributed by atoms with van der Waals surface area (Å²) in [4.78, 5) is 10.8. The van der Waals surface area contributed by atoms with E-state index in [1.807, 2.05) is 0 Å². The first-order valence-corrected chi connectivity index (χ1v) is 7.91. The number of rotatable bonds is 5. The van der Waals surface area contributed by atoms with Crippen molar-refractivity contribution in [3.8, 4) is 0 Å². The average Bonchev–Trinajstić information content (AvgIpc) is 2.34. The Morgan fingerprint density at radius 1 is 1.33 bits per heavy atom. The van der Waals surface area contributed by atoms with Gasteiger partial charge in [-0.3, -0.25) is 4.79 Å². The Kier molecular flexibility index (Phi) is 5.62. The quantitative estimate of drug-likeness (QED) is 0.823. The summed E-state index contributed by atoms with van der Waals surface area (Å²) in [6.07, 6.45) is -4.42. The van der Waals surface area contributed by atoms with Gasteiger partial charge in [0.25, 0.3) is 10.2 Å². The fourth-order valence-electron chi connectivity index (χ4n) is 2.19. The highest BCUT2D eigenvalue weighted by atomic mass is 32.2. The number of alkyl halides is 3. The summed E-state index contributed by atoms with van der Waals surface area (Å²) < 4.78 is 63.5. The Labute approximate surface area is 121 Å². The molecule has 1 rings (SSSR count). The van der Waals surface area contributed by atoms with Crippen LogP contribution in [0.5, 0.6) is 0 Å². The van der Waals surface area contributed by atoms with Crippen molar-refractivity contribution in [2.45, 2.75) is 38.9 Å². The Hall–Kier alpha value is -0.870. The molecule has 0 unspecified atom stereocenters. The second-order valence-electron chi connectivity index (χ2n) is 5.27. The van der Waals surface area contributed by atoms with E-state index in [4.69, 9.17) is 5.11 Å². The number of aliphatic carboxylic acids is 1. The minimum atomic E-state index is -4.63. The van der Waals surface area contributed by atoms with Crippen LogP contribution in [-0.4, -0.2) is 60.0 Å². The number of hydrogen-bond acceptors (Lipinski definition) is 3. The Morgan fingerprint density at radius 3 is 2.14 bits per heavy atom. The van der Waals surface area contributed by atoms with Crippen molar-refractivity contribution in [3.05, 3.63) is 0 Å². The molecule has 0 saturated carbocycles. The van der Waals surface area contributed by atoms with Gasteiger partial charge in [-0.1, -0.05) is 0 Å². The van der Waals surface area contributed by atoms with E-state index in [9.17, 15) is 26.4 Å². The highest BCUT2D eigenvalue weighted by molar-refractivity contribution is 7.86. The van der Waals surface area contributed by atoms with Gasteiger partial charge in [-0.2, -0.15) is 30.2 Å². The van der Waals surface area contributed by atoms with Gasteiger partial charge in [0, 0.05) is 19.1 Å². The molecule has 0 spiro atoms. The van der Waals surface area contributed by atoms with Crippen LogP contribution in [0.4, 0.5) is 13.2 Å². The molecule has 1 saturated heterocycles. The van der Waals surface area contributed by atoms with E-state index in [-0.39, 0.29) is 25.9 Å². The first kappa shape index (κ1) is 18.2. The molecule has 1 aliphatic rings. The van der Waals surface area contributed by atoms with Gasteiger partial charge in [-0.05, 0) is 26.7 Å². The lowest BCUT2D eigenvalue weighted by atomic mass is 9.99. The molecule has 0 bridgehead atoms. The SMILES string of the molecule is CC(C)N(CC(F)(F)F)S(=O)(=O)N1CCC(C(=O)O)CC1. The monoisotopic (exact) mass is 332 g/mol. The van der Waals surface area contributed by atoms with E-state index >= 15 is 0 Å². The highest BCUT2D eigenvalue weighted by Gasteiger charge is 2.41. The van der Waals surface area contributed by atoms with Crippen molar-refractivity contribution in [1.29, 1.82) is 0 Å². The molecule has 1 heterocycles. The summed E-state index contributed by atoms with van der Waals surface area (Å²) in [7, 11) is -4.25. The molecule has 0 aromatic carbocycles. The van der Waals surface area contributed by atoms with E-state index < -0.39 is 40.9 Å². The molecule has 0 aromatic heterocycles. The van der Waals surface area contributed by atoms with Crippen LogP contribution in [0.3, 0.4) is 0 Å². The second kappa shape index (κ2) is 6.49. The van der Waals surface area contributed by atoms with Crippen molar-refractivity contribution >= 4 is 16.2 Å². The van der Waals surface area contributed by atoms with Crippen LogP contribution >= 0.6 is 0 Å². The molecule has 0 atom stereocenters. The predicted molar refractivity (Wildman–Crippen MR) is 68.7 cm³/mol. The average molecular weight is 332 g/mol. The third-order valence-corrected chi connectivity index (χ3v) is 5.50. The fraction of sp³-hybridized carbons (Fsp3) is 0.909. The summed E-state index contributed by atoms with van der Waals surface area (Å²) in [5, 5.41) is 8.85. The van der Waals surface area contributed by atoms with E-state index in [0.717, 1.165) is 4.31 Å². The molecule has 1 fully saturated rings. The third kappa shape index (κ3) is 4.82. The van der Waals surface area contributed by atoms with Crippen molar-refractivity contribution in [1.82, 2.24) is 8.61 Å². The van der Waals surface area contributed by atoms with Gasteiger partial charge < -0.3 is 5.11 Å². The number of hydrogen-bond donors (Lipinski definition) is 1. The highest BCUT2D eigenvalue weighted by Crippen LogP contribution is 2.26. The van der Waals surface area contributed by atoms with Crippen molar-refractivity contribution < 1.29 is 31.5 Å². The topological polar surface area (TPSA) is 77.9 Å². The molecule has 1 aliphatic heterocycles. The molecule has 124 valence electrons. The number of carboxylic acids is 1. The minimum Gasteiger partial charge on any atom is -0.481 e. The van der Waals surface area contributed by atoms with Gasteiger partial charge in [0.2, 0.25) is 0 Å². The molecule has 10 heteroatoms. The first-order chi connectivity index (χ1) is 9.45. The Bertz CT molecular complexity index is 470. The maximum Gasteiger partial charge on any atom is 0.402 e. The molecule has 0 aliphatic carbocycles. The summed E-state index contributed by atoms with van der Waals surface area (Å²) in [5.41, 5.74) is 0. The number of carboxylic acid groups (broad SMARTS) is 1. The molecule has 0 amide bonds. The van der Waals surface area contributed by atoms with E-state index in [1.165, 1.54) is 13.8 Å². The maximum absolute atomic E-state index is 12.5. The number of piperidine rings is 1. The zero-order chi connectivity index (χ0) is 16.4. The molecule has 1 N–H and O–H groups in total. The van der Waals surface area contributed by atoms with E-state index in [2.05, 4.69) is 0 Å². The van der Waals surface area contributed by atoms with Crippen LogP contribution < -0.4 is 0 Å². The van der Waals surface area contributed by atoms with Gasteiger partial charge in [0.1, 0.15) is 6.54 Å². The molecular formula is C11H19F3N2O4S. The standard InChI is InChI=1S/C11H19F3N2O4S/c1-8(2)16(7-11(12,13)14)21(19,20)15-5-3-9(4-6-15)10(17)18/h8-9H,3-7H2,1-2H3,(H,17,18). The summed E-state index contributed by atoms with van der Waals surface area (Å²) in [6.45, 7) is 1.02. The first-order valence-electron chi connectivity index (χ1n) is 6.51. The molecule has 0 radical (unpaired) electrons. The van der Waals surface area contributed by atoms with Crippen molar-refractivity contribution in [2.24, 2.45) is 5.92 Å². The van der Waals surface area contributed by atoms with Crippen LogP contribution in [-0.2, 0) is 15.0 Å². The van der Waals surface area contributed by atoms with E-state index in [1.54, 1.807) is 0 Å². The molecule has 0 aromatic rings. The molecule has 21 heavy (non-hydrogen) atoms. The summed E-state index contributed by atoms with van der Waals surface area (Å²) in [6, 6.07) is -0.839. The Morgan fingerprint density at radius 2 is 1.81 bits per heavy atom. The second-order valence-corrected chi connectivity index (χ2v) is 7.15. The minimum absolute atomic E-state index is 0.0830. The number of carbonyl (C=O) groups is 1. The number of nitrogens with zero attached hydrogens (tertiary/aromatic N) is 2. The van der Waals surface area contributed by atoms with E-state index in [0.29, 0.717) is 4.31 Å². The zero-order valence-electron chi connectivity index (χ0n) is 11.8. The van der Waals surface area contributed by atoms with Crippen molar-refractivity contribution in [2.75, 3.05) is 19.6 Å².